The van der Waals surface area contributed by atoms with Crippen molar-refractivity contribution in [1.82, 2.24) is 5.32 Å². The van der Waals surface area contributed by atoms with Gasteiger partial charge in [-0.2, -0.15) is 0 Å². The minimum atomic E-state index is -0.369. The average Bonchev–Trinajstić information content (AvgIpc) is 3.26. The first-order chi connectivity index (χ1) is 10.1. The fraction of sp³-hybridized carbons (Fsp3) is 0.250. The van der Waals surface area contributed by atoms with Crippen molar-refractivity contribution >= 4 is 27.5 Å². The summed E-state index contributed by atoms with van der Waals surface area (Å²) >= 11 is 9.22. The van der Waals surface area contributed by atoms with Crippen LogP contribution in [0.4, 0.5) is 4.39 Å². The van der Waals surface area contributed by atoms with Crippen LogP contribution < -0.4 is 10.1 Å². The van der Waals surface area contributed by atoms with Crippen LogP contribution in [-0.4, -0.2) is 6.04 Å². The zero-order valence-electron chi connectivity index (χ0n) is 11.2. The van der Waals surface area contributed by atoms with Gasteiger partial charge in [-0.25, -0.2) is 4.39 Å². The van der Waals surface area contributed by atoms with Gasteiger partial charge in [-0.1, -0.05) is 17.7 Å². The second-order valence-electron chi connectivity index (χ2n) is 5.10. The van der Waals surface area contributed by atoms with Gasteiger partial charge in [0.2, 0.25) is 0 Å². The van der Waals surface area contributed by atoms with Gasteiger partial charge < -0.3 is 10.1 Å². The highest BCUT2D eigenvalue weighted by Crippen LogP contribution is 2.33. The summed E-state index contributed by atoms with van der Waals surface area (Å²) in [6.45, 7) is 0.687. The van der Waals surface area contributed by atoms with Crippen molar-refractivity contribution in [3.63, 3.8) is 0 Å². The number of nitrogens with one attached hydrogen (secondary N) is 1. The highest BCUT2D eigenvalue weighted by molar-refractivity contribution is 9.10. The molecule has 21 heavy (non-hydrogen) atoms. The van der Waals surface area contributed by atoms with Crippen LogP contribution in [0.3, 0.4) is 0 Å². The van der Waals surface area contributed by atoms with Gasteiger partial charge in [-0.05, 0) is 64.7 Å². The van der Waals surface area contributed by atoms with Gasteiger partial charge >= 0.3 is 0 Å². The van der Waals surface area contributed by atoms with Crippen LogP contribution >= 0.6 is 27.5 Å². The Bertz CT molecular complexity index is 661. The van der Waals surface area contributed by atoms with Gasteiger partial charge in [0.25, 0.3) is 0 Å². The maximum absolute atomic E-state index is 14.1. The molecule has 2 nitrogen and oxygen atoms in total. The highest BCUT2D eigenvalue weighted by atomic mass is 79.9. The summed E-state index contributed by atoms with van der Waals surface area (Å²) in [5.41, 5.74) is 0.918. The molecule has 1 fully saturated rings. The first-order valence-corrected chi connectivity index (χ1v) is 7.93. The quantitative estimate of drug-likeness (QED) is 0.772. The fourth-order valence-corrected chi connectivity index (χ4v) is 2.73. The van der Waals surface area contributed by atoms with Gasteiger partial charge in [-0.15, -0.1) is 0 Å². The molecule has 1 aliphatic rings. The Kier molecular flexibility index (Phi) is 4.48. The molecule has 0 bridgehead atoms. The molecular weight excluding hydrogens is 357 g/mol. The summed E-state index contributed by atoms with van der Waals surface area (Å²) in [7, 11) is 0. The smallest absolute Gasteiger partial charge is 0.166 e. The first kappa shape index (κ1) is 14.8. The minimum absolute atomic E-state index is 0.202. The Hall–Kier alpha value is -1.10. The van der Waals surface area contributed by atoms with E-state index in [0.29, 0.717) is 27.8 Å². The van der Waals surface area contributed by atoms with E-state index in [0.717, 1.165) is 5.56 Å². The molecule has 1 saturated carbocycles. The van der Waals surface area contributed by atoms with Crippen LogP contribution in [0, 0.1) is 5.82 Å². The Morgan fingerprint density at radius 1 is 1.19 bits per heavy atom. The standard InChI is InChI=1S/C16H14BrClFNO/c17-13-8-11(18)2-6-15(13)21-16-5-1-10(7-14(16)19)9-20-12-3-4-12/h1-2,5-8,12,20H,3-4,9H2. The molecule has 0 aromatic heterocycles. The maximum atomic E-state index is 14.1. The van der Waals surface area contributed by atoms with Gasteiger partial charge in [0.05, 0.1) is 4.47 Å². The Labute approximate surface area is 136 Å². The zero-order chi connectivity index (χ0) is 14.8. The number of hydrogen-bond acceptors (Lipinski definition) is 2. The predicted octanol–water partition coefficient (Wildman–Crippen LogP) is 5.29. The van der Waals surface area contributed by atoms with E-state index < -0.39 is 0 Å². The lowest BCUT2D eigenvalue weighted by Crippen LogP contribution is -2.15. The SMILES string of the molecule is Fc1cc(CNC2CC2)ccc1Oc1ccc(Cl)cc1Br. The number of hydrogen-bond donors (Lipinski definition) is 1. The third-order valence-electron chi connectivity index (χ3n) is 3.28. The van der Waals surface area contributed by atoms with Gasteiger partial charge in [0.1, 0.15) is 5.75 Å². The molecule has 0 aliphatic heterocycles. The van der Waals surface area contributed by atoms with E-state index in [1.165, 1.54) is 18.9 Å². The summed E-state index contributed by atoms with van der Waals surface area (Å²) < 4.78 is 20.4. The second kappa shape index (κ2) is 6.34. The van der Waals surface area contributed by atoms with E-state index in [-0.39, 0.29) is 11.6 Å². The normalized spacial score (nSPS) is 14.2. The van der Waals surface area contributed by atoms with Crippen molar-refractivity contribution in [1.29, 1.82) is 0 Å². The molecule has 0 radical (unpaired) electrons. The fourth-order valence-electron chi connectivity index (χ4n) is 1.96. The molecule has 0 heterocycles. The highest BCUT2D eigenvalue weighted by Gasteiger charge is 2.20. The van der Waals surface area contributed by atoms with Crippen LogP contribution in [0.15, 0.2) is 40.9 Å². The van der Waals surface area contributed by atoms with Crippen molar-refractivity contribution in [3.05, 3.63) is 57.3 Å². The van der Waals surface area contributed by atoms with Gasteiger partial charge in [-0.3, -0.25) is 0 Å². The van der Waals surface area contributed by atoms with Crippen LogP contribution in [0.25, 0.3) is 0 Å². The number of rotatable bonds is 5. The topological polar surface area (TPSA) is 21.3 Å². The number of ether oxygens (including phenoxy) is 1. The monoisotopic (exact) mass is 369 g/mol. The van der Waals surface area contributed by atoms with E-state index in [4.69, 9.17) is 16.3 Å². The molecule has 3 rings (SSSR count). The molecule has 0 atom stereocenters. The average molecular weight is 371 g/mol. The minimum Gasteiger partial charge on any atom is -0.453 e. The molecular formula is C16H14BrClFNO. The zero-order valence-corrected chi connectivity index (χ0v) is 13.5. The van der Waals surface area contributed by atoms with E-state index in [9.17, 15) is 4.39 Å². The molecule has 0 unspecified atom stereocenters. The lowest BCUT2D eigenvalue weighted by molar-refractivity contribution is 0.439. The number of benzene rings is 2. The van der Waals surface area contributed by atoms with Crippen LogP contribution in [-0.2, 0) is 6.54 Å². The molecule has 2 aromatic rings. The lowest BCUT2D eigenvalue weighted by Gasteiger charge is -2.10. The molecule has 110 valence electrons. The maximum Gasteiger partial charge on any atom is 0.166 e. The van der Waals surface area contributed by atoms with Gasteiger partial charge in [0, 0.05) is 17.6 Å². The molecule has 5 heteroatoms. The third-order valence-corrected chi connectivity index (χ3v) is 4.14. The van der Waals surface area contributed by atoms with Crippen LogP contribution in [0.1, 0.15) is 18.4 Å². The van der Waals surface area contributed by atoms with Crippen molar-refractivity contribution < 1.29 is 9.13 Å². The van der Waals surface area contributed by atoms with Crippen LogP contribution in [0.2, 0.25) is 5.02 Å². The van der Waals surface area contributed by atoms with E-state index in [1.807, 2.05) is 6.07 Å². The van der Waals surface area contributed by atoms with E-state index >= 15 is 0 Å². The number of halogens is 3. The van der Waals surface area contributed by atoms with Crippen LogP contribution in [0.5, 0.6) is 11.5 Å². The van der Waals surface area contributed by atoms with Crippen molar-refractivity contribution in [2.45, 2.75) is 25.4 Å². The van der Waals surface area contributed by atoms with Crippen molar-refractivity contribution in [2.75, 3.05) is 0 Å². The van der Waals surface area contributed by atoms with Gasteiger partial charge in [0.15, 0.2) is 11.6 Å². The van der Waals surface area contributed by atoms with E-state index in [1.54, 1.807) is 24.3 Å². The molecule has 1 aliphatic carbocycles. The Morgan fingerprint density at radius 2 is 1.95 bits per heavy atom. The second-order valence-corrected chi connectivity index (χ2v) is 6.39. The predicted molar refractivity (Wildman–Crippen MR) is 85.5 cm³/mol. The largest absolute Gasteiger partial charge is 0.453 e. The van der Waals surface area contributed by atoms with E-state index in [2.05, 4.69) is 21.2 Å². The summed E-state index contributed by atoms with van der Waals surface area (Å²) in [6.07, 6.45) is 2.43. The molecule has 0 saturated heterocycles. The Morgan fingerprint density at radius 3 is 2.62 bits per heavy atom. The summed E-state index contributed by atoms with van der Waals surface area (Å²) in [5, 5.41) is 3.95. The first-order valence-electron chi connectivity index (χ1n) is 6.76. The Balaban J connectivity index is 1.72. The molecule has 1 N–H and O–H groups in total. The summed E-state index contributed by atoms with van der Waals surface area (Å²) in [5.74, 6) is 0.363. The molecule has 2 aromatic carbocycles. The third kappa shape index (κ3) is 3.96. The van der Waals surface area contributed by atoms with Crippen molar-refractivity contribution in [3.8, 4) is 11.5 Å². The molecule has 0 spiro atoms. The van der Waals surface area contributed by atoms with Crippen molar-refractivity contribution in [2.24, 2.45) is 0 Å². The lowest BCUT2D eigenvalue weighted by atomic mass is 10.2. The summed E-state index contributed by atoms with van der Waals surface area (Å²) in [4.78, 5) is 0. The molecule has 0 amide bonds. The summed E-state index contributed by atoms with van der Waals surface area (Å²) in [6, 6.07) is 10.8.